The van der Waals surface area contributed by atoms with Crippen molar-refractivity contribution < 1.29 is 9.53 Å². The first-order valence-corrected chi connectivity index (χ1v) is 7.02. The lowest BCUT2D eigenvalue weighted by molar-refractivity contribution is 0.0993. The number of ether oxygens (including phenoxy) is 1. The highest BCUT2D eigenvalue weighted by atomic mass is 16.5. The number of Topliss-reactive ketones (excluding diaryl/α,β-unsaturated/α-hetero) is 1. The number of aryl methyl sites for hydroxylation is 1. The van der Waals surface area contributed by atoms with Gasteiger partial charge in [-0.25, -0.2) is 0 Å². The number of carbonyl (C=O) groups excluding carboxylic acids is 1. The maximum atomic E-state index is 12.0. The fourth-order valence-corrected chi connectivity index (χ4v) is 2.27. The third kappa shape index (κ3) is 3.69. The number of rotatable bonds is 4. The van der Waals surface area contributed by atoms with Gasteiger partial charge in [-0.05, 0) is 48.9 Å². The van der Waals surface area contributed by atoms with Gasteiger partial charge < -0.3 is 4.74 Å². The fourth-order valence-electron chi connectivity index (χ4n) is 2.27. The average Bonchev–Trinajstić information content (AvgIpc) is 2.48. The van der Waals surface area contributed by atoms with Crippen LogP contribution in [0, 0.1) is 5.92 Å². The van der Waals surface area contributed by atoms with Gasteiger partial charge in [0.2, 0.25) is 0 Å². The number of hydrogen-bond donors (Lipinski definition) is 0. The standard InChI is InChI=1S/C17H22O2/c1-12(2)8-9-19-15-6-7-16-14(11-15)5-4-13(3)10-17(16)18/h6-7,11-12H,3-5,8-10H2,1-2H3. The minimum Gasteiger partial charge on any atom is -0.494 e. The Kier molecular flexibility index (Phi) is 4.41. The molecule has 0 N–H and O–H groups in total. The van der Waals surface area contributed by atoms with E-state index < -0.39 is 0 Å². The summed E-state index contributed by atoms with van der Waals surface area (Å²) in [6.07, 6.45) is 3.32. The fraction of sp³-hybridized carbons (Fsp3) is 0.471. The number of hydrogen-bond acceptors (Lipinski definition) is 2. The summed E-state index contributed by atoms with van der Waals surface area (Å²) in [6.45, 7) is 9.05. The molecule has 0 saturated heterocycles. The predicted molar refractivity (Wildman–Crippen MR) is 77.8 cm³/mol. The summed E-state index contributed by atoms with van der Waals surface area (Å²) < 4.78 is 5.75. The second kappa shape index (κ2) is 6.05. The average molecular weight is 258 g/mol. The van der Waals surface area contributed by atoms with Crippen molar-refractivity contribution in [1.82, 2.24) is 0 Å². The lowest BCUT2D eigenvalue weighted by Crippen LogP contribution is -2.04. The largest absolute Gasteiger partial charge is 0.494 e. The Labute approximate surface area is 115 Å². The molecule has 0 saturated carbocycles. The number of carbonyl (C=O) groups is 1. The summed E-state index contributed by atoms with van der Waals surface area (Å²) in [4.78, 5) is 12.0. The Balaban J connectivity index is 2.10. The van der Waals surface area contributed by atoms with E-state index in [2.05, 4.69) is 20.4 Å². The van der Waals surface area contributed by atoms with Crippen LogP contribution in [0.3, 0.4) is 0 Å². The third-order valence-electron chi connectivity index (χ3n) is 3.50. The van der Waals surface area contributed by atoms with Gasteiger partial charge in [0, 0.05) is 12.0 Å². The Morgan fingerprint density at radius 3 is 2.84 bits per heavy atom. The Morgan fingerprint density at radius 2 is 2.11 bits per heavy atom. The smallest absolute Gasteiger partial charge is 0.167 e. The van der Waals surface area contributed by atoms with Crippen molar-refractivity contribution in [3.05, 3.63) is 41.5 Å². The molecule has 2 rings (SSSR count). The first-order chi connectivity index (χ1) is 9.06. The number of benzene rings is 1. The van der Waals surface area contributed by atoms with Gasteiger partial charge in [-0.15, -0.1) is 0 Å². The molecule has 0 atom stereocenters. The highest BCUT2D eigenvalue weighted by molar-refractivity contribution is 5.99. The van der Waals surface area contributed by atoms with E-state index in [-0.39, 0.29) is 5.78 Å². The van der Waals surface area contributed by atoms with Crippen molar-refractivity contribution in [2.24, 2.45) is 5.92 Å². The normalized spacial score (nSPS) is 15.3. The maximum absolute atomic E-state index is 12.0. The molecule has 0 aliphatic heterocycles. The third-order valence-corrected chi connectivity index (χ3v) is 3.50. The Morgan fingerprint density at radius 1 is 1.32 bits per heavy atom. The number of fused-ring (bicyclic) bond motifs is 1. The number of allylic oxidation sites excluding steroid dienone is 1. The van der Waals surface area contributed by atoms with Gasteiger partial charge in [-0.1, -0.05) is 26.0 Å². The molecule has 102 valence electrons. The van der Waals surface area contributed by atoms with E-state index in [0.29, 0.717) is 12.3 Å². The molecular formula is C17H22O2. The van der Waals surface area contributed by atoms with Crippen molar-refractivity contribution in [3.63, 3.8) is 0 Å². The lowest BCUT2D eigenvalue weighted by Gasteiger charge is -2.11. The highest BCUT2D eigenvalue weighted by Gasteiger charge is 2.17. The lowest BCUT2D eigenvalue weighted by atomic mass is 10.0. The molecule has 0 unspecified atom stereocenters. The predicted octanol–water partition coefficient (Wildman–Crippen LogP) is 4.19. The van der Waals surface area contributed by atoms with Gasteiger partial charge in [-0.2, -0.15) is 0 Å². The highest BCUT2D eigenvalue weighted by Crippen LogP contribution is 2.26. The second-order valence-electron chi connectivity index (χ2n) is 5.70. The molecule has 0 aromatic heterocycles. The van der Waals surface area contributed by atoms with E-state index in [9.17, 15) is 4.79 Å². The van der Waals surface area contributed by atoms with Crippen LogP contribution in [0.1, 0.15) is 49.0 Å². The molecule has 1 aliphatic carbocycles. The topological polar surface area (TPSA) is 26.3 Å². The maximum Gasteiger partial charge on any atom is 0.167 e. The van der Waals surface area contributed by atoms with E-state index in [1.54, 1.807) is 0 Å². The van der Waals surface area contributed by atoms with Crippen LogP contribution in [-0.2, 0) is 6.42 Å². The van der Waals surface area contributed by atoms with Crippen LogP contribution in [0.4, 0.5) is 0 Å². The molecule has 2 heteroatoms. The van der Waals surface area contributed by atoms with Gasteiger partial charge in [0.15, 0.2) is 5.78 Å². The van der Waals surface area contributed by atoms with E-state index in [1.165, 1.54) is 0 Å². The van der Waals surface area contributed by atoms with E-state index in [0.717, 1.165) is 48.3 Å². The first kappa shape index (κ1) is 13.9. The van der Waals surface area contributed by atoms with Gasteiger partial charge in [0.25, 0.3) is 0 Å². The molecule has 0 radical (unpaired) electrons. The summed E-state index contributed by atoms with van der Waals surface area (Å²) in [7, 11) is 0. The van der Waals surface area contributed by atoms with Crippen LogP contribution in [0.2, 0.25) is 0 Å². The van der Waals surface area contributed by atoms with Crippen LogP contribution < -0.4 is 4.74 Å². The van der Waals surface area contributed by atoms with Gasteiger partial charge in [0.05, 0.1) is 6.61 Å². The summed E-state index contributed by atoms with van der Waals surface area (Å²) in [5.74, 6) is 1.71. The summed E-state index contributed by atoms with van der Waals surface area (Å²) in [5, 5.41) is 0. The number of ketones is 1. The molecular weight excluding hydrogens is 236 g/mol. The van der Waals surface area contributed by atoms with Crippen molar-refractivity contribution >= 4 is 5.78 Å². The molecule has 0 heterocycles. The Bertz CT molecular complexity index is 486. The minimum atomic E-state index is 0.186. The van der Waals surface area contributed by atoms with Crippen molar-refractivity contribution in [1.29, 1.82) is 0 Å². The van der Waals surface area contributed by atoms with Crippen molar-refractivity contribution in [2.45, 2.75) is 39.5 Å². The quantitative estimate of drug-likeness (QED) is 0.598. The van der Waals surface area contributed by atoms with Crippen LogP contribution in [-0.4, -0.2) is 12.4 Å². The van der Waals surface area contributed by atoms with Crippen molar-refractivity contribution in [3.8, 4) is 5.75 Å². The van der Waals surface area contributed by atoms with Gasteiger partial charge in [0.1, 0.15) is 5.75 Å². The molecule has 0 amide bonds. The van der Waals surface area contributed by atoms with Crippen LogP contribution in [0.15, 0.2) is 30.4 Å². The molecule has 0 fully saturated rings. The molecule has 0 bridgehead atoms. The SMILES string of the molecule is C=C1CCc2cc(OCCC(C)C)ccc2C(=O)C1. The van der Waals surface area contributed by atoms with Gasteiger partial charge >= 0.3 is 0 Å². The molecule has 0 spiro atoms. The van der Waals surface area contributed by atoms with E-state index >= 15 is 0 Å². The molecule has 1 aromatic carbocycles. The monoisotopic (exact) mass is 258 g/mol. The van der Waals surface area contributed by atoms with Gasteiger partial charge in [-0.3, -0.25) is 4.79 Å². The minimum absolute atomic E-state index is 0.186. The summed E-state index contributed by atoms with van der Waals surface area (Å²) in [6, 6.07) is 5.83. The molecule has 19 heavy (non-hydrogen) atoms. The van der Waals surface area contributed by atoms with Crippen molar-refractivity contribution in [2.75, 3.05) is 6.61 Å². The summed E-state index contributed by atoms with van der Waals surface area (Å²) in [5.41, 5.74) is 2.98. The molecule has 2 nitrogen and oxygen atoms in total. The molecule has 1 aliphatic rings. The van der Waals surface area contributed by atoms with Crippen LogP contribution in [0.5, 0.6) is 5.75 Å². The Hall–Kier alpha value is -1.57. The zero-order chi connectivity index (χ0) is 13.8. The van der Waals surface area contributed by atoms with E-state index in [1.807, 2.05) is 18.2 Å². The van der Waals surface area contributed by atoms with E-state index in [4.69, 9.17) is 4.74 Å². The molecule has 1 aromatic rings. The first-order valence-electron chi connectivity index (χ1n) is 7.02. The second-order valence-corrected chi connectivity index (χ2v) is 5.70. The zero-order valence-corrected chi connectivity index (χ0v) is 11.9. The van der Waals surface area contributed by atoms with Crippen LogP contribution in [0.25, 0.3) is 0 Å². The summed E-state index contributed by atoms with van der Waals surface area (Å²) >= 11 is 0. The van der Waals surface area contributed by atoms with Crippen LogP contribution >= 0.6 is 0 Å². The zero-order valence-electron chi connectivity index (χ0n) is 11.9.